The molecule has 0 amide bonds. The largest absolute Gasteiger partial charge is 0.491 e. The van der Waals surface area contributed by atoms with Gasteiger partial charge in [0.05, 0.1) is 22.7 Å². The first-order valence-corrected chi connectivity index (χ1v) is 7.91. The molecule has 21 heavy (non-hydrogen) atoms. The maximum Gasteiger partial charge on any atom is 0.120 e. The minimum atomic E-state index is -0.227. The molecule has 1 aromatic carbocycles. The molecule has 0 saturated carbocycles. The summed E-state index contributed by atoms with van der Waals surface area (Å²) in [6.07, 6.45) is 0.145. The van der Waals surface area contributed by atoms with E-state index in [1.54, 1.807) is 0 Å². The first kappa shape index (κ1) is 15.9. The van der Waals surface area contributed by atoms with Gasteiger partial charge in [-0.25, -0.2) is 0 Å². The Morgan fingerprint density at radius 3 is 2.57 bits per heavy atom. The predicted octanol–water partition coefficient (Wildman–Crippen LogP) is 3.67. The number of benzene rings is 1. The van der Waals surface area contributed by atoms with E-state index in [9.17, 15) is 0 Å². The van der Waals surface area contributed by atoms with E-state index in [0.29, 0.717) is 0 Å². The maximum absolute atomic E-state index is 6.43. The molecule has 0 spiro atoms. The van der Waals surface area contributed by atoms with Crippen LogP contribution in [0, 0.1) is 0 Å². The van der Waals surface area contributed by atoms with E-state index in [1.807, 2.05) is 38.1 Å². The lowest BCUT2D eigenvalue weighted by Gasteiger charge is -2.20. The zero-order valence-corrected chi connectivity index (χ0v) is 14.1. The average Bonchev–Trinajstić information content (AvgIpc) is 2.86. The normalized spacial score (nSPS) is 13.5. The Balaban J connectivity index is 2.32. The molecule has 4 nitrogen and oxygen atoms in total. The first-order chi connectivity index (χ1) is 9.79. The fourth-order valence-electron chi connectivity index (χ4n) is 2.13. The molecule has 1 aromatic heterocycles. The van der Waals surface area contributed by atoms with Gasteiger partial charge in [0, 0.05) is 5.41 Å². The highest BCUT2D eigenvalue weighted by atomic mass is 32.1. The number of rotatable bonds is 4. The molecule has 2 N–H and O–H groups in total. The van der Waals surface area contributed by atoms with Gasteiger partial charge in [0.1, 0.15) is 5.75 Å². The van der Waals surface area contributed by atoms with Gasteiger partial charge in [0.25, 0.3) is 0 Å². The second kappa shape index (κ2) is 6.12. The van der Waals surface area contributed by atoms with Crippen molar-refractivity contribution in [3.05, 3.63) is 40.4 Å². The van der Waals surface area contributed by atoms with Gasteiger partial charge >= 0.3 is 0 Å². The van der Waals surface area contributed by atoms with Crippen LogP contribution in [0.4, 0.5) is 0 Å². The second-order valence-corrected chi connectivity index (χ2v) is 7.24. The minimum absolute atomic E-state index is 0.0635. The Kier molecular flexibility index (Phi) is 4.64. The molecule has 2 rings (SSSR count). The summed E-state index contributed by atoms with van der Waals surface area (Å²) in [5.41, 5.74) is 8.36. The fraction of sp³-hybridized carbons (Fsp3) is 0.500. The lowest BCUT2D eigenvalue weighted by Crippen LogP contribution is -2.19. The van der Waals surface area contributed by atoms with Gasteiger partial charge in [0.15, 0.2) is 0 Å². The third kappa shape index (κ3) is 3.80. The topological polar surface area (TPSA) is 61.0 Å². The molecule has 0 radical (unpaired) electrons. The van der Waals surface area contributed by atoms with Gasteiger partial charge in [-0.05, 0) is 43.1 Å². The van der Waals surface area contributed by atoms with Crippen molar-refractivity contribution in [3.63, 3.8) is 0 Å². The van der Waals surface area contributed by atoms with Crippen LogP contribution in [0.25, 0.3) is 0 Å². The molecule has 0 aliphatic heterocycles. The van der Waals surface area contributed by atoms with Crippen molar-refractivity contribution < 1.29 is 4.74 Å². The number of hydrogen-bond donors (Lipinski definition) is 1. The number of nitrogens with two attached hydrogens (primary N) is 1. The molecule has 0 aliphatic rings. The van der Waals surface area contributed by atoms with Crippen LogP contribution in [0.15, 0.2) is 24.3 Å². The van der Waals surface area contributed by atoms with Crippen LogP contribution in [0.3, 0.4) is 0 Å². The van der Waals surface area contributed by atoms with Gasteiger partial charge in [-0.15, -0.1) is 5.10 Å². The van der Waals surface area contributed by atoms with Gasteiger partial charge < -0.3 is 10.5 Å². The summed E-state index contributed by atoms with van der Waals surface area (Å²) < 4.78 is 9.82. The molecule has 1 atom stereocenters. The quantitative estimate of drug-likeness (QED) is 0.936. The van der Waals surface area contributed by atoms with Crippen LogP contribution < -0.4 is 10.5 Å². The van der Waals surface area contributed by atoms with Crippen LogP contribution in [0.2, 0.25) is 0 Å². The van der Waals surface area contributed by atoms with Gasteiger partial charge in [0.2, 0.25) is 0 Å². The van der Waals surface area contributed by atoms with Crippen LogP contribution in [0.1, 0.15) is 56.8 Å². The smallest absolute Gasteiger partial charge is 0.120 e. The van der Waals surface area contributed by atoms with E-state index in [1.165, 1.54) is 11.5 Å². The third-order valence-corrected chi connectivity index (χ3v) is 3.90. The Morgan fingerprint density at radius 2 is 1.95 bits per heavy atom. The Labute approximate surface area is 130 Å². The molecule has 0 bridgehead atoms. The van der Waals surface area contributed by atoms with E-state index in [0.717, 1.165) is 21.9 Å². The molecular weight excluding hydrogens is 282 g/mol. The van der Waals surface area contributed by atoms with Crippen molar-refractivity contribution in [2.75, 3.05) is 0 Å². The fourth-order valence-corrected chi connectivity index (χ4v) is 3.02. The molecule has 1 unspecified atom stereocenters. The van der Waals surface area contributed by atoms with Crippen LogP contribution >= 0.6 is 11.5 Å². The lowest BCUT2D eigenvalue weighted by molar-refractivity contribution is 0.242. The zero-order valence-electron chi connectivity index (χ0n) is 13.3. The summed E-state index contributed by atoms with van der Waals surface area (Å²) in [5, 5.41) is 4.26. The van der Waals surface area contributed by atoms with Gasteiger partial charge in [-0.2, -0.15) is 0 Å². The molecule has 5 heteroatoms. The summed E-state index contributed by atoms with van der Waals surface area (Å²) in [5.74, 6) is 0.840. The van der Waals surface area contributed by atoms with Crippen LogP contribution in [-0.2, 0) is 5.41 Å². The summed E-state index contributed by atoms with van der Waals surface area (Å²) in [4.78, 5) is 1.02. The molecular formula is C16H23N3OS. The van der Waals surface area contributed by atoms with Crippen LogP contribution in [-0.4, -0.2) is 15.7 Å². The van der Waals surface area contributed by atoms with Gasteiger partial charge in [-0.3, -0.25) is 0 Å². The highest BCUT2D eigenvalue weighted by Crippen LogP contribution is 2.33. The summed E-state index contributed by atoms with van der Waals surface area (Å²) in [7, 11) is 0. The summed E-state index contributed by atoms with van der Waals surface area (Å²) >= 11 is 1.37. The molecule has 0 fully saturated rings. The molecule has 0 saturated heterocycles. The van der Waals surface area contributed by atoms with E-state index >= 15 is 0 Å². The Bertz CT molecular complexity index is 602. The van der Waals surface area contributed by atoms with Crippen molar-refractivity contribution in [2.45, 2.75) is 52.2 Å². The molecule has 0 aliphatic carbocycles. The van der Waals surface area contributed by atoms with E-state index < -0.39 is 0 Å². The molecule has 1 heterocycles. The first-order valence-electron chi connectivity index (χ1n) is 7.14. The Hall–Kier alpha value is -1.46. The van der Waals surface area contributed by atoms with Crippen molar-refractivity contribution in [2.24, 2.45) is 5.73 Å². The number of nitrogens with zero attached hydrogens (tertiary/aromatic N) is 2. The maximum atomic E-state index is 6.43. The van der Waals surface area contributed by atoms with E-state index in [4.69, 9.17) is 10.5 Å². The summed E-state index contributed by atoms with van der Waals surface area (Å²) in [6.45, 7) is 10.4. The van der Waals surface area contributed by atoms with E-state index in [2.05, 4.69) is 30.4 Å². The predicted molar refractivity (Wildman–Crippen MR) is 86.8 cm³/mol. The SMILES string of the molecule is CC(C)Oc1cccc(C(N)c2snnc2C(C)(C)C)c1. The second-order valence-electron chi connectivity index (χ2n) is 6.45. The third-order valence-electron chi connectivity index (χ3n) is 3.10. The lowest BCUT2D eigenvalue weighted by atomic mass is 9.89. The summed E-state index contributed by atoms with van der Waals surface area (Å²) in [6, 6.07) is 7.71. The number of aromatic nitrogens is 2. The number of hydrogen-bond acceptors (Lipinski definition) is 5. The molecule has 114 valence electrons. The van der Waals surface area contributed by atoms with Crippen molar-refractivity contribution >= 4 is 11.5 Å². The minimum Gasteiger partial charge on any atom is -0.491 e. The number of ether oxygens (including phenoxy) is 1. The standard InChI is InChI=1S/C16H23N3OS/c1-10(2)20-12-8-6-7-11(9-12)13(17)14-15(16(3,4)5)18-19-21-14/h6-10,13H,17H2,1-5H3. The van der Waals surface area contributed by atoms with Crippen LogP contribution in [0.5, 0.6) is 5.75 Å². The highest BCUT2D eigenvalue weighted by Gasteiger charge is 2.26. The van der Waals surface area contributed by atoms with Gasteiger partial charge in [-0.1, -0.05) is 37.4 Å². The van der Waals surface area contributed by atoms with Crippen molar-refractivity contribution in [1.29, 1.82) is 0 Å². The zero-order chi connectivity index (χ0) is 15.6. The molecule has 2 aromatic rings. The van der Waals surface area contributed by atoms with E-state index in [-0.39, 0.29) is 17.6 Å². The van der Waals surface area contributed by atoms with Crippen molar-refractivity contribution in [1.82, 2.24) is 9.59 Å². The average molecular weight is 305 g/mol. The highest BCUT2D eigenvalue weighted by molar-refractivity contribution is 7.05. The monoisotopic (exact) mass is 305 g/mol. The van der Waals surface area contributed by atoms with Crippen molar-refractivity contribution in [3.8, 4) is 5.75 Å². The Morgan fingerprint density at radius 1 is 1.24 bits per heavy atom.